The van der Waals surface area contributed by atoms with E-state index in [0.717, 1.165) is 22.4 Å². The molecule has 0 bridgehead atoms. The first-order valence-electron chi connectivity index (χ1n) is 7.23. The van der Waals surface area contributed by atoms with Crippen molar-refractivity contribution in [3.05, 3.63) is 70.1 Å². The van der Waals surface area contributed by atoms with Crippen molar-refractivity contribution in [3.63, 3.8) is 0 Å². The lowest BCUT2D eigenvalue weighted by atomic mass is 9.98. The van der Waals surface area contributed by atoms with Crippen molar-refractivity contribution in [3.8, 4) is 0 Å². The van der Waals surface area contributed by atoms with E-state index in [2.05, 4.69) is 6.07 Å². The van der Waals surface area contributed by atoms with Crippen molar-refractivity contribution < 1.29 is 4.39 Å². The molecule has 21 heavy (non-hydrogen) atoms. The third-order valence-electron chi connectivity index (χ3n) is 4.20. The molecule has 0 unspecified atom stereocenters. The summed E-state index contributed by atoms with van der Waals surface area (Å²) in [6.07, 6.45) is 6.38. The smallest absolute Gasteiger partial charge is 0.129 e. The Balaban J connectivity index is 1.69. The van der Waals surface area contributed by atoms with Gasteiger partial charge in [0.15, 0.2) is 0 Å². The molecular formula is C18H15ClFN. The van der Waals surface area contributed by atoms with Crippen LogP contribution in [-0.4, -0.2) is 0 Å². The van der Waals surface area contributed by atoms with Gasteiger partial charge in [0, 0.05) is 22.5 Å². The van der Waals surface area contributed by atoms with E-state index in [9.17, 15) is 4.39 Å². The molecule has 0 radical (unpaired) electrons. The molecule has 2 aliphatic rings. The van der Waals surface area contributed by atoms with Crippen LogP contribution in [0.15, 0.2) is 42.6 Å². The average Bonchev–Trinajstić information content (AvgIpc) is 3.31. The highest BCUT2D eigenvalue weighted by molar-refractivity contribution is 6.30. The second-order valence-corrected chi connectivity index (χ2v) is 6.20. The first-order valence-corrected chi connectivity index (χ1v) is 7.61. The highest BCUT2D eigenvalue weighted by Crippen LogP contribution is 2.42. The molecular weight excluding hydrogens is 285 g/mol. The molecule has 1 heterocycles. The number of anilines is 1. The molecule has 1 aliphatic carbocycles. The van der Waals surface area contributed by atoms with Crippen molar-refractivity contribution in [1.82, 2.24) is 0 Å². The zero-order valence-electron chi connectivity index (χ0n) is 11.5. The molecule has 3 heteroatoms. The van der Waals surface area contributed by atoms with Gasteiger partial charge in [-0.05, 0) is 60.2 Å². The summed E-state index contributed by atoms with van der Waals surface area (Å²) in [5.74, 6) is 0.481. The molecule has 106 valence electrons. The zero-order valence-corrected chi connectivity index (χ0v) is 12.3. The molecule has 1 aliphatic heterocycles. The lowest BCUT2D eigenvalue weighted by Crippen LogP contribution is -2.20. The number of hydrogen-bond acceptors (Lipinski definition) is 1. The van der Waals surface area contributed by atoms with Crippen LogP contribution < -0.4 is 4.90 Å². The Hall–Kier alpha value is -1.80. The first-order chi connectivity index (χ1) is 10.2. The van der Waals surface area contributed by atoms with Crippen LogP contribution in [0.3, 0.4) is 0 Å². The Morgan fingerprint density at radius 1 is 1.14 bits per heavy atom. The fourth-order valence-electron chi connectivity index (χ4n) is 2.87. The Morgan fingerprint density at radius 2 is 2.00 bits per heavy atom. The van der Waals surface area contributed by atoms with Crippen molar-refractivity contribution >= 4 is 23.4 Å². The van der Waals surface area contributed by atoms with Crippen LogP contribution in [0.5, 0.6) is 0 Å². The van der Waals surface area contributed by atoms with Gasteiger partial charge in [-0.2, -0.15) is 0 Å². The summed E-state index contributed by atoms with van der Waals surface area (Å²) in [7, 11) is 0. The molecule has 0 atom stereocenters. The maximum Gasteiger partial charge on any atom is 0.129 e. The fourth-order valence-corrected chi connectivity index (χ4v) is 3.06. The van der Waals surface area contributed by atoms with Crippen LogP contribution in [0.25, 0.3) is 6.08 Å². The van der Waals surface area contributed by atoms with E-state index in [0.29, 0.717) is 17.5 Å². The van der Waals surface area contributed by atoms with E-state index < -0.39 is 0 Å². The largest absolute Gasteiger partial charge is 0.343 e. The van der Waals surface area contributed by atoms with Crippen LogP contribution in [-0.2, 0) is 6.54 Å². The highest BCUT2D eigenvalue weighted by Gasteiger charge is 2.26. The van der Waals surface area contributed by atoms with Crippen molar-refractivity contribution in [2.24, 2.45) is 0 Å². The van der Waals surface area contributed by atoms with Gasteiger partial charge in [0.05, 0.1) is 6.54 Å². The highest BCUT2D eigenvalue weighted by atomic mass is 35.5. The molecule has 0 spiro atoms. The summed E-state index contributed by atoms with van der Waals surface area (Å²) in [6.45, 7) is 0.545. The average molecular weight is 300 g/mol. The first kappa shape index (κ1) is 12.9. The normalized spacial score (nSPS) is 17.0. The molecule has 2 aromatic carbocycles. The third-order valence-corrected chi connectivity index (χ3v) is 4.44. The summed E-state index contributed by atoms with van der Waals surface area (Å²) in [5, 5.41) is 0.691. The molecule has 1 nitrogen and oxygen atoms in total. The van der Waals surface area contributed by atoms with E-state index in [1.807, 2.05) is 41.4 Å². The lowest BCUT2D eigenvalue weighted by molar-refractivity contribution is 0.605. The second-order valence-electron chi connectivity index (χ2n) is 5.77. The summed E-state index contributed by atoms with van der Waals surface area (Å²) < 4.78 is 14.4. The van der Waals surface area contributed by atoms with E-state index in [1.54, 1.807) is 6.07 Å². The maximum absolute atomic E-state index is 14.4. The Kier molecular flexibility index (Phi) is 3.00. The molecule has 2 aromatic rings. The van der Waals surface area contributed by atoms with E-state index in [-0.39, 0.29) is 5.82 Å². The molecule has 0 N–H and O–H groups in total. The minimum Gasteiger partial charge on any atom is -0.343 e. The van der Waals surface area contributed by atoms with Gasteiger partial charge in [-0.25, -0.2) is 4.39 Å². The number of benzene rings is 2. The van der Waals surface area contributed by atoms with Gasteiger partial charge in [-0.3, -0.25) is 0 Å². The minimum atomic E-state index is -0.0919. The second kappa shape index (κ2) is 4.88. The van der Waals surface area contributed by atoms with E-state index in [4.69, 9.17) is 11.6 Å². The summed E-state index contributed by atoms with van der Waals surface area (Å²) in [5.41, 5.74) is 3.90. The molecule has 0 aromatic heterocycles. The van der Waals surface area contributed by atoms with E-state index in [1.165, 1.54) is 12.8 Å². The van der Waals surface area contributed by atoms with E-state index >= 15 is 0 Å². The molecule has 0 saturated heterocycles. The van der Waals surface area contributed by atoms with Crippen LogP contribution >= 0.6 is 11.6 Å². The predicted octanol–water partition coefficient (Wildman–Crippen LogP) is 5.35. The van der Waals surface area contributed by atoms with Crippen molar-refractivity contribution in [2.75, 3.05) is 4.90 Å². The van der Waals surface area contributed by atoms with Gasteiger partial charge in [0.2, 0.25) is 0 Å². The fraction of sp³-hybridized carbons (Fsp3) is 0.222. The molecule has 1 fully saturated rings. The van der Waals surface area contributed by atoms with Crippen molar-refractivity contribution in [2.45, 2.75) is 25.3 Å². The number of fused-ring (bicyclic) bond motifs is 1. The number of nitrogens with zero attached hydrogens (tertiary/aromatic N) is 1. The topological polar surface area (TPSA) is 3.24 Å². The predicted molar refractivity (Wildman–Crippen MR) is 85.0 cm³/mol. The minimum absolute atomic E-state index is 0.0919. The van der Waals surface area contributed by atoms with Crippen LogP contribution in [0.4, 0.5) is 10.1 Å². The van der Waals surface area contributed by atoms with Gasteiger partial charge in [-0.15, -0.1) is 0 Å². The van der Waals surface area contributed by atoms with Gasteiger partial charge in [-0.1, -0.05) is 23.7 Å². The maximum atomic E-state index is 14.4. The number of rotatable bonds is 2. The summed E-state index contributed by atoms with van der Waals surface area (Å²) in [4.78, 5) is 2.02. The monoisotopic (exact) mass is 299 g/mol. The summed E-state index contributed by atoms with van der Waals surface area (Å²) >= 11 is 6.03. The molecule has 1 saturated carbocycles. The van der Waals surface area contributed by atoms with Gasteiger partial charge >= 0.3 is 0 Å². The number of halogens is 2. The van der Waals surface area contributed by atoms with Crippen LogP contribution in [0.1, 0.15) is 35.4 Å². The Labute approximate surface area is 128 Å². The van der Waals surface area contributed by atoms with Crippen LogP contribution in [0, 0.1) is 5.82 Å². The Morgan fingerprint density at radius 3 is 2.76 bits per heavy atom. The molecule has 4 rings (SSSR count). The SMILES string of the molecule is Fc1cc(C2CC2)cc2c1CN(c1cccc(Cl)c1)C=C2. The zero-order chi connectivity index (χ0) is 14.4. The van der Waals surface area contributed by atoms with Gasteiger partial charge < -0.3 is 4.90 Å². The summed E-state index contributed by atoms with van der Waals surface area (Å²) in [6, 6.07) is 11.5. The third kappa shape index (κ3) is 2.44. The quantitative estimate of drug-likeness (QED) is 0.723. The van der Waals surface area contributed by atoms with Gasteiger partial charge in [0.25, 0.3) is 0 Å². The standard InChI is InChI=1S/C18H15ClFN/c19-15-2-1-3-16(10-15)21-7-6-13-8-14(12-4-5-12)9-18(20)17(13)11-21/h1-3,6-10,12H,4-5,11H2. The number of hydrogen-bond donors (Lipinski definition) is 0. The lowest BCUT2D eigenvalue weighted by Gasteiger charge is -2.26. The van der Waals surface area contributed by atoms with Crippen molar-refractivity contribution in [1.29, 1.82) is 0 Å². The van der Waals surface area contributed by atoms with Crippen LogP contribution in [0.2, 0.25) is 5.02 Å². The van der Waals surface area contributed by atoms with Gasteiger partial charge in [0.1, 0.15) is 5.82 Å². The Bertz CT molecular complexity index is 734. The molecule has 0 amide bonds.